The Bertz CT molecular complexity index is 1520. The van der Waals surface area contributed by atoms with Crippen molar-refractivity contribution < 1.29 is 13.9 Å². The first-order chi connectivity index (χ1) is 19.1. The normalized spacial score (nSPS) is 16.5. The van der Waals surface area contributed by atoms with Gasteiger partial charge in [0.1, 0.15) is 18.2 Å². The number of benzene rings is 3. The minimum atomic E-state index is -0.268. The summed E-state index contributed by atoms with van der Waals surface area (Å²) in [5.41, 5.74) is 4.32. The zero-order chi connectivity index (χ0) is 26.6. The number of para-hydroxylation sites is 1. The summed E-state index contributed by atoms with van der Waals surface area (Å²) < 4.78 is 20.9. The third-order valence-electron chi connectivity index (χ3n) is 6.73. The van der Waals surface area contributed by atoms with E-state index in [0.717, 1.165) is 59.2 Å². The van der Waals surface area contributed by atoms with Crippen LogP contribution >= 0.6 is 11.8 Å². The highest BCUT2D eigenvalue weighted by Gasteiger charge is 2.27. The maximum Gasteiger partial charge on any atom is 0.286 e. The first kappa shape index (κ1) is 25.1. The molecule has 1 fully saturated rings. The fourth-order valence-corrected chi connectivity index (χ4v) is 5.60. The Kier molecular flexibility index (Phi) is 7.27. The Morgan fingerprint density at radius 3 is 2.41 bits per heavy atom. The highest BCUT2D eigenvalue weighted by Crippen LogP contribution is 2.34. The van der Waals surface area contributed by atoms with Gasteiger partial charge in [-0.3, -0.25) is 4.79 Å². The molecule has 3 aromatic carbocycles. The van der Waals surface area contributed by atoms with Crippen molar-refractivity contribution in [2.75, 3.05) is 13.1 Å². The molecular weight excluding hydrogens is 511 g/mol. The summed E-state index contributed by atoms with van der Waals surface area (Å²) in [6.07, 6.45) is 7.33. The Hall–Kier alpha value is -4.17. The number of hydrogen-bond acceptors (Lipinski definition) is 5. The zero-order valence-corrected chi connectivity index (χ0v) is 22.1. The highest BCUT2D eigenvalue weighted by atomic mass is 32.2. The van der Waals surface area contributed by atoms with Crippen LogP contribution in [0, 0.1) is 5.82 Å². The quantitative estimate of drug-likeness (QED) is 0.255. The van der Waals surface area contributed by atoms with Crippen molar-refractivity contribution >= 4 is 28.9 Å². The number of piperidine rings is 1. The third kappa shape index (κ3) is 5.81. The van der Waals surface area contributed by atoms with Crippen molar-refractivity contribution in [1.82, 2.24) is 14.7 Å². The molecule has 1 saturated heterocycles. The average molecular weight is 539 g/mol. The lowest BCUT2D eigenvalue weighted by Gasteiger charge is -2.27. The summed E-state index contributed by atoms with van der Waals surface area (Å²) in [6, 6.07) is 23.9. The van der Waals surface area contributed by atoms with Crippen molar-refractivity contribution in [3.05, 3.63) is 107 Å². The summed E-state index contributed by atoms with van der Waals surface area (Å²) in [4.78, 5) is 20.0. The molecule has 6 rings (SSSR count). The smallest absolute Gasteiger partial charge is 0.286 e. The topological polar surface area (TPSA) is 59.7 Å². The number of nitrogens with zero attached hydrogens (tertiary/aromatic N) is 4. The number of carbonyl (C=O) groups excluding carboxylic acids is 1. The summed E-state index contributed by atoms with van der Waals surface area (Å²) in [6.45, 7) is 2.23. The number of likely N-dealkylation sites (tertiary alicyclic amines) is 1. The summed E-state index contributed by atoms with van der Waals surface area (Å²) in [5.74, 6) is 0.228. The van der Waals surface area contributed by atoms with Crippen LogP contribution in [0.15, 0.2) is 95.0 Å². The Morgan fingerprint density at radius 2 is 1.67 bits per heavy atom. The van der Waals surface area contributed by atoms with E-state index in [1.54, 1.807) is 12.1 Å². The second-order valence-electron chi connectivity index (χ2n) is 9.51. The molecule has 0 spiro atoms. The number of amidine groups is 1. The number of aliphatic imine (C=N–C) groups is 1. The standard InChI is InChI=1S/C31H27FN4O2S/c32-25-13-9-22(10-14-25)21-38-27-15-11-23(12-16-27)29-24(20-36(34-29)26-7-3-1-4-8-26)19-28-30(37)33-31(39-28)35-17-5-2-6-18-35/h1,3-4,7-16,19-20H,2,5-6,17-18,21H2. The molecule has 0 saturated carbocycles. The lowest BCUT2D eigenvalue weighted by molar-refractivity contribution is -0.113. The molecule has 6 nitrogen and oxygen atoms in total. The molecule has 2 aliphatic rings. The van der Waals surface area contributed by atoms with Gasteiger partial charge in [0.25, 0.3) is 5.91 Å². The molecule has 1 aromatic heterocycles. The van der Waals surface area contributed by atoms with Gasteiger partial charge in [0.2, 0.25) is 0 Å². The molecule has 1 amide bonds. The lowest BCUT2D eigenvalue weighted by atomic mass is 10.1. The number of hydrogen-bond donors (Lipinski definition) is 0. The van der Waals surface area contributed by atoms with Gasteiger partial charge in [0.05, 0.1) is 16.3 Å². The SMILES string of the molecule is O=C1N=C(N2CCCCC2)SC1=Cc1cn(-c2ccccc2)nc1-c1ccc(OCc2ccc(F)cc2)cc1. The van der Waals surface area contributed by atoms with Crippen molar-refractivity contribution in [2.24, 2.45) is 4.99 Å². The van der Waals surface area contributed by atoms with Gasteiger partial charge in [-0.25, -0.2) is 9.07 Å². The highest BCUT2D eigenvalue weighted by molar-refractivity contribution is 8.18. The molecule has 0 N–H and O–H groups in total. The maximum atomic E-state index is 13.2. The van der Waals surface area contributed by atoms with E-state index in [0.29, 0.717) is 17.3 Å². The lowest BCUT2D eigenvalue weighted by Crippen LogP contribution is -2.33. The van der Waals surface area contributed by atoms with Crippen molar-refractivity contribution in [3.8, 4) is 22.7 Å². The summed E-state index contributed by atoms with van der Waals surface area (Å²) in [7, 11) is 0. The predicted molar refractivity (Wildman–Crippen MR) is 153 cm³/mol. The fraction of sp³-hybridized carbons (Fsp3) is 0.194. The Labute approximate surface area is 230 Å². The van der Waals surface area contributed by atoms with Crippen LogP contribution in [0.3, 0.4) is 0 Å². The van der Waals surface area contributed by atoms with E-state index in [1.807, 2.05) is 71.6 Å². The van der Waals surface area contributed by atoms with Gasteiger partial charge < -0.3 is 9.64 Å². The molecule has 2 aliphatic heterocycles. The fourth-order valence-electron chi connectivity index (χ4n) is 4.65. The molecular formula is C31H27FN4O2S. The van der Waals surface area contributed by atoms with Crippen LogP contribution in [0.25, 0.3) is 23.0 Å². The van der Waals surface area contributed by atoms with Crippen molar-refractivity contribution in [2.45, 2.75) is 25.9 Å². The van der Waals surface area contributed by atoms with Crippen LogP contribution in [0.5, 0.6) is 5.75 Å². The molecule has 3 heterocycles. The molecule has 0 atom stereocenters. The molecule has 196 valence electrons. The number of ether oxygens (including phenoxy) is 1. The summed E-state index contributed by atoms with van der Waals surface area (Å²) in [5, 5.41) is 5.68. The summed E-state index contributed by atoms with van der Waals surface area (Å²) >= 11 is 1.44. The number of carbonyl (C=O) groups is 1. The maximum absolute atomic E-state index is 13.2. The van der Waals surface area contributed by atoms with Gasteiger partial charge in [0, 0.05) is 30.4 Å². The average Bonchev–Trinajstić information content (AvgIpc) is 3.57. The van der Waals surface area contributed by atoms with E-state index >= 15 is 0 Å². The van der Waals surface area contributed by atoms with Crippen LogP contribution in [0.2, 0.25) is 0 Å². The van der Waals surface area contributed by atoms with Gasteiger partial charge in [0.15, 0.2) is 5.17 Å². The van der Waals surface area contributed by atoms with Gasteiger partial charge >= 0.3 is 0 Å². The predicted octanol–water partition coefficient (Wildman–Crippen LogP) is 6.71. The van der Waals surface area contributed by atoms with Crippen molar-refractivity contribution in [1.29, 1.82) is 0 Å². The Balaban J connectivity index is 1.26. The Morgan fingerprint density at radius 1 is 0.923 bits per heavy atom. The van der Waals surface area contributed by atoms with E-state index < -0.39 is 0 Å². The molecule has 8 heteroatoms. The molecule has 0 aliphatic carbocycles. The van der Waals surface area contributed by atoms with E-state index in [2.05, 4.69) is 9.89 Å². The molecule has 4 aromatic rings. The van der Waals surface area contributed by atoms with Gasteiger partial charge in [-0.15, -0.1) is 0 Å². The van der Waals surface area contributed by atoms with E-state index in [-0.39, 0.29) is 11.7 Å². The van der Waals surface area contributed by atoms with Crippen LogP contribution in [0.4, 0.5) is 4.39 Å². The van der Waals surface area contributed by atoms with E-state index in [4.69, 9.17) is 9.84 Å². The number of aromatic nitrogens is 2. The molecule has 0 bridgehead atoms. The number of thioether (sulfide) groups is 1. The first-order valence-electron chi connectivity index (χ1n) is 13.0. The second kappa shape index (κ2) is 11.3. The number of halogens is 1. The second-order valence-corrected chi connectivity index (χ2v) is 10.5. The van der Waals surface area contributed by atoms with Gasteiger partial charge in [-0.2, -0.15) is 10.1 Å². The molecule has 0 radical (unpaired) electrons. The van der Waals surface area contributed by atoms with Crippen LogP contribution < -0.4 is 4.74 Å². The zero-order valence-electron chi connectivity index (χ0n) is 21.3. The van der Waals surface area contributed by atoms with E-state index in [9.17, 15) is 9.18 Å². The minimum absolute atomic E-state index is 0.205. The molecule has 39 heavy (non-hydrogen) atoms. The van der Waals surface area contributed by atoms with Crippen LogP contribution in [0.1, 0.15) is 30.4 Å². The number of amides is 1. The number of rotatable bonds is 6. The minimum Gasteiger partial charge on any atom is -0.489 e. The first-order valence-corrected chi connectivity index (χ1v) is 13.8. The monoisotopic (exact) mass is 538 g/mol. The van der Waals surface area contributed by atoms with E-state index in [1.165, 1.54) is 30.3 Å². The van der Waals surface area contributed by atoms with Crippen LogP contribution in [-0.4, -0.2) is 38.8 Å². The van der Waals surface area contributed by atoms with Crippen LogP contribution in [-0.2, 0) is 11.4 Å². The van der Waals surface area contributed by atoms with Crippen molar-refractivity contribution in [3.63, 3.8) is 0 Å². The van der Waals surface area contributed by atoms with Gasteiger partial charge in [-0.1, -0.05) is 30.3 Å². The largest absolute Gasteiger partial charge is 0.489 e. The third-order valence-corrected chi connectivity index (χ3v) is 7.78. The van der Waals surface area contributed by atoms with Gasteiger partial charge in [-0.05, 0) is 91.2 Å². The molecule has 0 unspecified atom stereocenters.